The van der Waals surface area contributed by atoms with Gasteiger partial charge in [0, 0.05) is 25.1 Å². The Bertz CT molecular complexity index is 1010. The number of fused-ring (bicyclic) bond motifs is 1. The van der Waals surface area contributed by atoms with Gasteiger partial charge in [-0.3, -0.25) is 9.79 Å². The summed E-state index contributed by atoms with van der Waals surface area (Å²) < 4.78 is 40.6. The molecule has 0 aromatic heterocycles. The van der Waals surface area contributed by atoms with Crippen molar-refractivity contribution < 1.29 is 23.1 Å². The van der Waals surface area contributed by atoms with Gasteiger partial charge in [-0.2, -0.15) is 0 Å². The highest BCUT2D eigenvalue weighted by Gasteiger charge is 2.28. The van der Waals surface area contributed by atoms with Gasteiger partial charge in [0.15, 0.2) is 11.6 Å². The molecule has 2 atom stereocenters. The molecule has 0 saturated carbocycles. The number of benzene rings is 2. The van der Waals surface area contributed by atoms with E-state index in [1.165, 1.54) is 4.90 Å². The van der Waals surface area contributed by atoms with E-state index in [9.17, 15) is 23.1 Å². The van der Waals surface area contributed by atoms with E-state index in [-0.39, 0.29) is 36.8 Å². The molecule has 2 aromatic carbocycles. The molecule has 0 fully saturated rings. The normalized spacial score (nSPS) is 17.0. The van der Waals surface area contributed by atoms with Crippen molar-refractivity contribution in [3.8, 4) is 0 Å². The van der Waals surface area contributed by atoms with Crippen molar-refractivity contribution in [3.05, 3.63) is 65.0 Å². The number of nitrogens with two attached hydrogens (primary N) is 1. The molecule has 0 spiro atoms. The summed E-state index contributed by atoms with van der Waals surface area (Å²) in [4.78, 5) is 18.9. The lowest BCUT2D eigenvalue weighted by Gasteiger charge is -2.34. The van der Waals surface area contributed by atoms with Gasteiger partial charge in [-0.05, 0) is 54.3 Å². The minimum atomic E-state index is -1.28. The molecule has 0 saturated heterocycles. The SMILES string of the molecule is CC(C)CC[C@H]1C([O-])=Nc2ccccc2CN1C(=O)C[C@H](N)Cc1cc(F)c(F)cc1F. The van der Waals surface area contributed by atoms with Crippen LogP contribution in [0.2, 0.25) is 0 Å². The molecule has 1 aliphatic rings. The minimum Gasteiger partial charge on any atom is -0.860 e. The van der Waals surface area contributed by atoms with E-state index >= 15 is 0 Å². The third kappa shape index (κ3) is 5.68. The average molecular weight is 446 g/mol. The summed E-state index contributed by atoms with van der Waals surface area (Å²) in [5.74, 6) is -3.79. The van der Waals surface area contributed by atoms with Crippen LogP contribution in [-0.4, -0.2) is 28.8 Å². The molecular formula is C24H27F3N3O2-. The minimum absolute atomic E-state index is 0.104. The fourth-order valence-electron chi connectivity index (χ4n) is 3.82. The van der Waals surface area contributed by atoms with Crippen LogP contribution in [0.15, 0.2) is 41.4 Å². The molecule has 0 unspecified atom stereocenters. The Kier molecular flexibility index (Phi) is 7.56. The first-order valence-electron chi connectivity index (χ1n) is 10.7. The summed E-state index contributed by atoms with van der Waals surface area (Å²) in [6, 6.07) is 6.81. The summed E-state index contributed by atoms with van der Waals surface area (Å²) in [5, 5.41) is 12.9. The van der Waals surface area contributed by atoms with Gasteiger partial charge in [-0.15, -0.1) is 0 Å². The molecule has 1 amide bonds. The van der Waals surface area contributed by atoms with Gasteiger partial charge in [-0.25, -0.2) is 13.2 Å². The van der Waals surface area contributed by atoms with E-state index in [1.807, 2.05) is 26.0 Å². The maximum absolute atomic E-state index is 14.0. The van der Waals surface area contributed by atoms with Crippen LogP contribution in [0.4, 0.5) is 18.9 Å². The van der Waals surface area contributed by atoms with Crippen LogP contribution in [0.25, 0.3) is 0 Å². The highest BCUT2D eigenvalue weighted by molar-refractivity contribution is 5.88. The summed E-state index contributed by atoms with van der Waals surface area (Å²) in [6.07, 6.45) is 0.880. The predicted molar refractivity (Wildman–Crippen MR) is 115 cm³/mol. The number of carbonyl (C=O) groups excluding carboxylic acids is 1. The molecule has 5 nitrogen and oxygen atoms in total. The van der Waals surface area contributed by atoms with Crippen molar-refractivity contribution >= 4 is 17.5 Å². The fourth-order valence-corrected chi connectivity index (χ4v) is 3.82. The van der Waals surface area contributed by atoms with E-state index < -0.39 is 29.5 Å². The molecular weight excluding hydrogens is 419 g/mol. The molecule has 2 aromatic rings. The van der Waals surface area contributed by atoms with Crippen LogP contribution in [0.1, 0.15) is 44.2 Å². The van der Waals surface area contributed by atoms with Crippen molar-refractivity contribution in [2.75, 3.05) is 0 Å². The summed E-state index contributed by atoms with van der Waals surface area (Å²) >= 11 is 0. The number of aliphatic imine (C=N–C) groups is 1. The number of amides is 1. The Balaban J connectivity index is 1.80. The van der Waals surface area contributed by atoms with Crippen LogP contribution >= 0.6 is 0 Å². The second-order valence-corrected chi connectivity index (χ2v) is 8.61. The second kappa shape index (κ2) is 10.2. The van der Waals surface area contributed by atoms with Gasteiger partial charge in [-0.1, -0.05) is 32.0 Å². The third-order valence-electron chi connectivity index (χ3n) is 5.57. The van der Waals surface area contributed by atoms with Crippen molar-refractivity contribution in [3.63, 3.8) is 0 Å². The molecule has 3 rings (SSSR count). The molecule has 8 heteroatoms. The van der Waals surface area contributed by atoms with Crippen LogP contribution in [0.3, 0.4) is 0 Å². The molecule has 0 bridgehead atoms. The quantitative estimate of drug-likeness (QED) is 0.660. The number of hydrogen-bond acceptors (Lipinski definition) is 4. The summed E-state index contributed by atoms with van der Waals surface area (Å²) in [6.45, 7) is 4.27. The fraction of sp³-hybridized carbons (Fsp3) is 0.417. The van der Waals surface area contributed by atoms with Crippen LogP contribution in [-0.2, 0) is 17.8 Å². The molecule has 0 radical (unpaired) electrons. The molecule has 32 heavy (non-hydrogen) atoms. The van der Waals surface area contributed by atoms with E-state index in [0.29, 0.717) is 24.1 Å². The maximum atomic E-state index is 14.0. The number of nitrogens with zero attached hydrogens (tertiary/aromatic N) is 2. The average Bonchev–Trinajstić information content (AvgIpc) is 2.86. The zero-order valence-corrected chi connectivity index (χ0v) is 18.2. The van der Waals surface area contributed by atoms with Crippen molar-refractivity contribution in [1.29, 1.82) is 0 Å². The van der Waals surface area contributed by atoms with Gasteiger partial charge in [0.25, 0.3) is 0 Å². The van der Waals surface area contributed by atoms with Crippen molar-refractivity contribution in [2.24, 2.45) is 16.6 Å². The molecule has 2 N–H and O–H groups in total. The number of hydrogen-bond donors (Lipinski definition) is 1. The molecule has 1 aliphatic heterocycles. The summed E-state index contributed by atoms with van der Waals surface area (Å²) in [7, 11) is 0. The number of carbonyl (C=O) groups is 1. The number of rotatable bonds is 7. The Morgan fingerprint density at radius 1 is 1.19 bits per heavy atom. The summed E-state index contributed by atoms with van der Waals surface area (Å²) in [5.41, 5.74) is 7.25. The third-order valence-corrected chi connectivity index (χ3v) is 5.57. The van der Waals surface area contributed by atoms with Crippen molar-refractivity contribution in [2.45, 2.75) is 58.2 Å². The largest absolute Gasteiger partial charge is 0.860 e. The van der Waals surface area contributed by atoms with Crippen LogP contribution in [0, 0.1) is 23.4 Å². The van der Waals surface area contributed by atoms with Crippen molar-refractivity contribution in [1.82, 2.24) is 4.90 Å². The first kappa shape index (κ1) is 23.8. The Labute approximate surface area is 185 Å². The van der Waals surface area contributed by atoms with E-state index in [2.05, 4.69) is 4.99 Å². The highest BCUT2D eigenvalue weighted by atomic mass is 19.2. The van der Waals surface area contributed by atoms with Gasteiger partial charge < -0.3 is 15.7 Å². The Morgan fingerprint density at radius 3 is 2.59 bits per heavy atom. The number of halogens is 3. The lowest BCUT2D eigenvalue weighted by molar-refractivity contribution is -0.225. The highest BCUT2D eigenvalue weighted by Crippen LogP contribution is 2.28. The molecule has 172 valence electrons. The lowest BCUT2D eigenvalue weighted by atomic mass is 9.99. The Morgan fingerprint density at radius 2 is 1.88 bits per heavy atom. The van der Waals surface area contributed by atoms with Gasteiger partial charge in [0.1, 0.15) is 5.82 Å². The predicted octanol–water partition coefficient (Wildman–Crippen LogP) is 3.60. The standard InChI is InChI=1S/C24H28F3N3O2/c1-14(2)7-8-22-24(32)29-21-6-4-3-5-15(21)13-30(22)23(31)11-17(28)9-16-10-19(26)20(27)12-18(16)25/h3-6,10,12,14,17,22H,7-9,11,13,28H2,1-2H3,(H,29,32)/p-1/t17-,22+/m1/s1. The number of para-hydroxylation sites is 1. The van der Waals surface area contributed by atoms with Gasteiger partial charge >= 0.3 is 0 Å². The lowest BCUT2D eigenvalue weighted by Crippen LogP contribution is -2.49. The maximum Gasteiger partial charge on any atom is 0.224 e. The first-order chi connectivity index (χ1) is 15.2. The smallest absolute Gasteiger partial charge is 0.224 e. The van der Waals surface area contributed by atoms with E-state index in [0.717, 1.165) is 18.1 Å². The van der Waals surface area contributed by atoms with E-state index in [4.69, 9.17) is 5.73 Å². The zero-order valence-electron chi connectivity index (χ0n) is 18.2. The van der Waals surface area contributed by atoms with Gasteiger partial charge in [0.05, 0.1) is 11.7 Å². The molecule has 0 aliphatic carbocycles. The van der Waals surface area contributed by atoms with Crippen LogP contribution < -0.4 is 10.8 Å². The Hall–Kier alpha value is -2.87. The zero-order chi connectivity index (χ0) is 23.4. The monoisotopic (exact) mass is 446 g/mol. The van der Waals surface area contributed by atoms with Gasteiger partial charge in [0.2, 0.25) is 5.91 Å². The van der Waals surface area contributed by atoms with Crippen LogP contribution in [0.5, 0.6) is 0 Å². The topological polar surface area (TPSA) is 81.8 Å². The van der Waals surface area contributed by atoms with E-state index in [1.54, 1.807) is 12.1 Å². The molecule has 1 heterocycles. The first-order valence-corrected chi connectivity index (χ1v) is 10.7. The second-order valence-electron chi connectivity index (χ2n) is 8.61.